The summed E-state index contributed by atoms with van der Waals surface area (Å²) in [4.78, 5) is 40.3. The van der Waals surface area contributed by atoms with Crippen molar-refractivity contribution in [3.63, 3.8) is 0 Å². The molecule has 0 saturated carbocycles. The Balaban J connectivity index is 1.70. The molecule has 3 aromatic carbocycles. The van der Waals surface area contributed by atoms with Gasteiger partial charge in [-0.25, -0.2) is 0 Å². The van der Waals surface area contributed by atoms with Crippen molar-refractivity contribution in [1.82, 2.24) is 4.90 Å². The third kappa shape index (κ3) is 3.82. The maximum Gasteiger partial charge on any atom is 0.262 e. The lowest BCUT2D eigenvalue weighted by Crippen LogP contribution is -2.48. The fourth-order valence-electron chi connectivity index (χ4n) is 3.44. The second-order valence-corrected chi connectivity index (χ2v) is 7.69. The third-order valence-electron chi connectivity index (χ3n) is 4.90. The Morgan fingerprint density at radius 2 is 1.47 bits per heavy atom. The molecule has 0 saturated heterocycles. The molecule has 150 valence electrons. The average Bonchev–Trinajstić information content (AvgIpc) is 3.00. The molecule has 3 aromatic rings. The Bertz CT molecular complexity index is 1110. The van der Waals surface area contributed by atoms with E-state index in [9.17, 15) is 14.4 Å². The zero-order valence-corrected chi connectivity index (χ0v) is 17.2. The van der Waals surface area contributed by atoms with E-state index in [2.05, 4.69) is 5.32 Å². The van der Waals surface area contributed by atoms with Crippen LogP contribution in [0, 0.1) is 0 Å². The van der Waals surface area contributed by atoms with Crippen molar-refractivity contribution in [2.45, 2.75) is 12.5 Å². The minimum Gasteiger partial charge on any atom is -0.323 e. The van der Waals surface area contributed by atoms with Crippen LogP contribution >= 0.6 is 23.2 Å². The molecule has 0 spiro atoms. The molecule has 1 heterocycles. The maximum atomic E-state index is 13.3. The molecule has 3 amide bonds. The maximum absolute atomic E-state index is 13.3. The molecular formula is C23H16Cl2N2O3. The van der Waals surface area contributed by atoms with Gasteiger partial charge in [0.25, 0.3) is 11.8 Å². The van der Waals surface area contributed by atoms with Crippen LogP contribution in [0.25, 0.3) is 0 Å². The van der Waals surface area contributed by atoms with E-state index >= 15 is 0 Å². The predicted octanol–water partition coefficient (Wildman–Crippen LogP) is 4.84. The summed E-state index contributed by atoms with van der Waals surface area (Å²) in [6, 6.07) is 19.4. The van der Waals surface area contributed by atoms with Crippen molar-refractivity contribution < 1.29 is 14.4 Å². The highest BCUT2D eigenvalue weighted by Gasteiger charge is 2.42. The van der Waals surface area contributed by atoms with Gasteiger partial charge in [0.1, 0.15) is 6.04 Å². The first-order valence-corrected chi connectivity index (χ1v) is 9.98. The van der Waals surface area contributed by atoms with E-state index in [4.69, 9.17) is 23.2 Å². The van der Waals surface area contributed by atoms with Gasteiger partial charge in [0.2, 0.25) is 5.91 Å². The smallest absolute Gasteiger partial charge is 0.262 e. The molecule has 30 heavy (non-hydrogen) atoms. The van der Waals surface area contributed by atoms with Crippen LogP contribution in [0.3, 0.4) is 0 Å². The number of fused-ring (bicyclic) bond motifs is 1. The van der Waals surface area contributed by atoms with E-state index in [0.717, 1.165) is 10.5 Å². The van der Waals surface area contributed by atoms with E-state index in [1.807, 2.05) is 30.3 Å². The van der Waals surface area contributed by atoms with E-state index < -0.39 is 23.8 Å². The van der Waals surface area contributed by atoms with Gasteiger partial charge in [-0.15, -0.1) is 0 Å². The normalized spacial score (nSPS) is 13.9. The minimum atomic E-state index is -1.06. The van der Waals surface area contributed by atoms with Gasteiger partial charge in [-0.05, 0) is 35.9 Å². The summed E-state index contributed by atoms with van der Waals surface area (Å²) < 4.78 is 0. The van der Waals surface area contributed by atoms with Crippen molar-refractivity contribution >= 4 is 46.6 Å². The number of carbonyl (C=O) groups is 3. The number of anilines is 1. The number of imide groups is 1. The molecule has 1 atom stereocenters. The molecule has 0 aromatic heterocycles. The quantitative estimate of drug-likeness (QED) is 0.579. The summed E-state index contributed by atoms with van der Waals surface area (Å²) in [5.41, 5.74) is 1.69. The first-order chi connectivity index (χ1) is 14.5. The molecule has 1 N–H and O–H groups in total. The number of amides is 3. The number of carbonyl (C=O) groups excluding carboxylic acids is 3. The van der Waals surface area contributed by atoms with Crippen molar-refractivity contribution in [2.75, 3.05) is 5.32 Å². The average molecular weight is 439 g/mol. The standard InChI is InChI=1S/C23H16Cl2N2O3/c24-15-10-11-18(25)19(13-15)26-21(28)20(12-14-6-2-1-3-7-14)27-22(29)16-8-4-5-9-17(16)23(27)30/h1-11,13,20H,12H2,(H,26,28). The summed E-state index contributed by atoms with van der Waals surface area (Å²) in [6.45, 7) is 0. The zero-order chi connectivity index (χ0) is 21.3. The van der Waals surface area contributed by atoms with Crippen LogP contribution in [0.1, 0.15) is 26.3 Å². The number of hydrogen-bond acceptors (Lipinski definition) is 3. The topological polar surface area (TPSA) is 66.5 Å². The molecule has 1 aliphatic rings. The number of rotatable bonds is 5. The van der Waals surface area contributed by atoms with Crippen molar-refractivity contribution in [3.8, 4) is 0 Å². The van der Waals surface area contributed by atoms with E-state index in [0.29, 0.717) is 15.7 Å². The number of halogens is 2. The van der Waals surface area contributed by atoms with Gasteiger partial charge < -0.3 is 5.32 Å². The summed E-state index contributed by atoms with van der Waals surface area (Å²) >= 11 is 12.2. The molecule has 0 fully saturated rings. The fourth-order valence-corrected chi connectivity index (χ4v) is 3.78. The van der Waals surface area contributed by atoms with Gasteiger partial charge >= 0.3 is 0 Å². The van der Waals surface area contributed by atoms with Gasteiger partial charge in [-0.2, -0.15) is 0 Å². The highest BCUT2D eigenvalue weighted by atomic mass is 35.5. The monoisotopic (exact) mass is 438 g/mol. The van der Waals surface area contributed by atoms with E-state index in [1.54, 1.807) is 36.4 Å². The van der Waals surface area contributed by atoms with Crippen LogP contribution in [0.2, 0.25) is 10.0 Å². The van der Waals surface area contributed by atoms with Crippen LogP contribution in [0.4, 0.5) is 5.69 Å². The van der Waals surface area contributed by atoms with E-state index in [-0.39, 0.29) is 17.5 Å². The van der Waals surface area contributed by atoms with Crippen molar-refractivity contribution in [2.24, 2.45) is 0 Å². The molecular weight excluding hydrogens is 423 g/mol. The Morgan fingerprint density at radius 3 is 2.10 bits per heavy atom. The van der Waals surface area contributed by atoms with Gasteiger partial charge in [0.15, 0.2) is 0 Å². The molecule has 7 heteroatoms. The van der Waals surface area contributed by atoms with Crippen molar-refractivity contribution in [1.29, 1.82) is 0 Å². The predicted molar refractivity (Wildman–Crippen MR) is 116 cm³/mol. The van der Waals surface area contributed by atoms with Crippen molar-refractivity contribution in [3.05, 3.63) is 99.5 Å². The van der Waals surface area contributed by atoms with Gasteiger partial charge in [-0.1, -0.05) is 65.7 Å². The molecule has 0 radical (unpaired) electrons. The molecule has 1 aliphatic heterocycles. The molecule has 0 bridgehead atoms. The Kier molecular flexibility index (Phi) is 5.57. The lowest BCUT2D eigenvalue weighted by Gasteiger charge is -2.26. The number of hydrogen-bond donors (Lipinski definition) is 1. The first kappa shape index (κ1) is 20.1. The second kappa shape index (κ2) is 8.30. The molecule has 0 aliphatic carbocycles. The summed E-state index contributed by atoms with van der Waals surface area (Å²) in [5, 5.41) is 3.41. The molecule has 5 nitrogen and oxygen atoms in total. The Labute approximate surface area is 183 Å². The van der Waals surface area contributed by atoms with Crippen LogP contribution in [0.5, 0.6) is 0 Å². The third-order valence-corrected chi connectivity index (χ3v) is 5.46. The number of nitrogens with zero attached hydrogens (tertiary/aromatic N) is 1. The van der Waals surface area contributed by atoms with Crippen LogP contribution < -0.4 is 5.32 Å². The van der Waals surface area contributed by atoms with Gasteiger partial charge in [0.05, 0.1) is 21.8 Å². The van der Waals surface area contributed by atoms with Gasteiger partial charge in [-0.3, -0.25) is 19.3 Å². The molecule has 1 unspecified atom stereocenters. The Morgan fingerprint density at radius 1 is 0.867 bits per heavy atom. The summed E-state index contributed by atoms with van der Waals surface area (Å²) in [5.74, 6) is -1.52. The minimum absolute atomic E-state index is 0.163. The fraction of sp³-hybridized carbons (Fsp3) is 0.0870. The largest absolute Gasteiger partial charge is 0.323 e. The summed E-state index contributed by atoms with van der Waals surface area (Å²) in [6.07, 6.45) is 0.163. The van der Waals surface area contributed by atoms with Crippen LogP contribution in [-0.2, 0) is 11.2 Å². The van der Waals surface area contributed by atoms with Crippen LogP contribution in [0.15, 0.2) is 72.8 Å². The first-order valence-electron chi connectivity index (χ1n) is 9.22. The second-order valence-electron chi connectivity index (χ2n) is 6.84. The lowest BCUT2D eigenvalue weighted by atomic mass is 10.0. The Hall–Kier alpha value is -3.15. The summed E-state index contributed by atoms with van der Waals surface area (Å²) in [7, 11) is 0. The van der Waals surface area contributed by atoms with Crippen LogP contribution in [-0.4, -0.2) is 28.7 Å². The number of nitrogens with one attached hydrogen (secondary N) is 1. The van der Waals surface area contributed by atoms with Gasteiger partial charge in [0, 0.05) is 11.4 Å². The number of benzene rings is 3. The highest BCUT2D eigenvalue weighted by Crippen LogP contribution is 2.29. The SMILES string of the molecule is O=C(Nc1cc(Cl)ccc1Cl)C(Cc1ccccc1)N1C(=O)c2ccccc2C1=O. The van der Waals surface area contributed by atoms with E-state index in [1.165, 1.54) is 6.07 Å². The molecule has 4 rings (SSSR count). The highest BCUT2D eigenvalue weighted by molar-refractivity contribution is 6.35. The lowest BCUT2D eigenvalue weighted by molar-refractivity contribution is -0.119. The zero-order valence-electron chi connectivity index (χ0n) is 15.6.